The molecular formula is C39H48N12O5S. The van der Waals surface area contributed by atoms with E-state index in [0.29, 0.717) is 28.4 Å². The van der Waals surface area contributed by atoms with Crippen LogP contribution in [0.5, 0.6) is 0 Å². The van der Waals surface area contributed by atoms with Gasteiger partial charge >= 0.3 is 0 Å². The maximum Gasteiger partial charge on any atom is 0.296 e. The van der Waals surface area contributed by atoms with E-state index in [2.05, 4.69) is 59.7 Å². The Morgan fingerprint density at radius 3 is 1.54 bits per heavy atom. The number of rotatable bonds is 20. The van der Waals surface area contributed by atoms with E-state index in [1.54, 1.807) is 17.0 Å². The minimum absolute atomic E-state index is 0.0523. The molecule has 5 aromatic rings. The molecule has 18 heteroatoms. The Labute approximate surface area is 332 Å². The number of benzene rings is 4. The Hall–Kier alpha value is -6.08. The summed E-state index contributed by atoms with van der Waals surface area (Å²) in [6, 6.07) is 26.3. The van der Waals surface area contributed by atoms with Crippen molar-refractivity contribution >= 4 is 73.5 Å². The largest absolute Gasteiger partial charge is 0.395 e. The molecule has 0 aliphatic rings. The van der Waals surface area contributed by atoms with Gasteiger partial charge in [-0.05, 0) is 88.4 Å². The third kappa shape index (κ3) is 11.3. The summed E-state index contributed by atoms with van der Waals surface area (Å²) in [7, 11) is -4.57. The third-order valence-electron chi connectivity index (χ3n) is 8.79. The quantitative estimate of drug-likeness (QED) is 0.0374. The lowest BCUT2D eigenvalue weighted by Gasteiger charge is -2.24. The fourth-order valence-electron chi connectivity index (χ4n) is 5.88. The SMILES string of the molecule is CCN(CC)c1ccc(N=Nc2ccccc2)c(Nc2nc(Nc3cc(N(CC)CC)ccc3N=Nc3ccccc3S(=O)(=O)O)nc(N(CCO)CCO)n2)c1. The molecule has 0 radical (unpaired) electrons. The van der Waals surface area contributed by atoms with E-state index >= 15 is 0 Å². The Morgan fingerprint density at radius 1 is 0.579 bits per heavy atom. The Balaban J connectivity index is 1.63. The maximum atomic E-state index is 12.1. The molecule has 0 aliphatic heterocycles. The van der Waals surface area contributed by atoms with Crippen LogP contribution in [0, 0.1) is 0 Å². The van der Waals surface area contributed by atoms with Crippen molar-refractivity contribution in [2.24, 2.45) is 20.5 Å². The van der Waals surface area contributed by atoms with Crippen molar-refractivity contribution in [3.05, 3.63) is 91.0 Å². The molecule has 0 unspecified atom stereocenters. The van der Waals surface area contributed by atoms with Crippen LogP contribution in [0.4, 0.5) is 63.3 Å². The predicted molar refractivity (Wildman–Crippen MR) is 224 cm³/mol. The molecule has 300 valence electrons. The zero-order valence-corrected chi connectivity index (χ0v) is 33.2. The number of nitrogens with zero attached hydrogens (tertiary/aromatic N) is 10. The van der Waals surface area contributed by atoms with Gasteiger partial charge in [0, 0.05) is 50.6 Å². The first kappa shape index (κ1) is 42.1. The molecule has 17 nitrogen and oxygen atoms in total. The number of aliphatic hydroxyl groups excluding tert-OH is 2. The molecule has 0 saturated carbocycles. The zero-order chi connectivity index (χ0) is 40.8. The second-order valence-electron chi connectivity index (χ2n) is 12.4. The zero-order valence-electron chi connectivity index (χ0n) is 32.4. The summed E-state index contributed by atoms with van der Waals surface area (Å²) < 4.78 is 33.9. The lowest BCUT2D eigenvalue weighted by molar-refractivity contribution is 0.280. The number of azo groups is 2. The first-order chi connectivity index (χ1) is 27.6. The van der Waals surface area contributed by atoms with Crippen molar-refractivity contribution in [2.75, 3.05) is 77.8 Å². The van der Waals surface area contributed by atoms with Crippen LogP contribution in [-0.2, 0) is 10.1 Å². The van der Waals surface area contributed by atoms with Crippen LogP contribution in [0.25, 0.3) is 0 Å². The number of hydrogen-bond donors (Lipinski definition) is 5. The number of aliphatic hydroxyl groups is 2. The Kier molecular flexibility index (Phi) is 14.9. The summed E-state index contributed by atoms with van der Waals surface area (Å²) in [5, 5.41) is 44.0. The monoisotopic (exact) mass is 796 g/mol. The fourth-order valence-corrected chi connectivity index (χ4v) is 6.50. The number of anilines is 7. The van der Waals surface area contributed by atoms with E-state index < -0.39 is 10.1 Å². The smallest absolute Gasteiger partial charge is 0.296 e. The molecule has 0 spiro atoms. The van der Waals surface area contributed by atoms with Crippen molar-refractivity contribution in [3.63, 3.8) is 0 Å². The van der Waals surface area contributed by atoms with Crippen LogP contribution < -0.4 is 25.3 Å². The highest BCUT2D eigenvalue weighted by molar-refractivity contribution is 7.86. The molecule has 5 rings (SSSR count). The lowest BCUT2D eigenvalue weighted by Crippen LogP contribution is -2.31. The molecule has 0 atom stereocenters. The molecule has 0 amide bonds. The van der Waals surface area contributed by atoms with Crippen molar-refractivity contribution in [1.82, 2.24) is 15.0 Å². The number of nitrogens with one attached hydrogen (secondary N) is 2. The number of hydrogen-bond acceptors (Lipinski definition) is 16. The van der Waals surface area contributed by atoms with Gasteiger partial charge in [-0.25, -0.2) is 0 Å². The first-order valence-corrected chi connectivity index (χ1v) is 20.0. The van der Waals surface area contributed by atoms with E-state index in [-0.39, 0.29) is 54.7 Å². The minimum atomic E-state index is -4.57. The van der Waals surface area contributed by atoms with Gasteiger partial charge in [-0.3, -0.25) is 4.55 Å². The Morgan fingerprint density at radius 2 is 1.05 bits per heavy atom. The van der Waals surface area contributed by atoms with Crippen LogP contribution in [0.3, 0.4) is 0 Å². The second-order valence-corrected chi connectivity index (χ2v) is 13.8. The van der Waals surface area contributed by atoms with Gasteiger partial charge in [0.05, 0.1) is 30.3 Å². The van der Waals surface area contributed by atoms with Gasteiger partial charge in [0.2, 0.25) is 17.8 Å². The first-order valence-electron chi connectivity index (χ1n) is 18.6. The van der Waals surface area contributed by atoms with E-state index in [4.69, 9.17) is 9.97 Å². The van der Waals surface area contributed by atoms with Crippen LogP contribution >= 0.6 is 0 Å². The summed E-state index contributed by atoms with van der Waals surface area (Å²) in [5.41, 5.74) is 4.24. The summed E-state index contributed by atoms with van der Waals surface area (Å²) >= 11 is 0. The standard InChI is InChI=1S/C39H48N12O5S/c1-5-49(6-2)29-18-20-31(46-45-28-14-10-9-11-15-28)34(26-29)40-37-42-38(44-39(43-37)51(22-24-52)23-25-53)41-35-27-30(50(7-3)8-4)19-21-32(35)47-48-33-16-12-13-17-36(33)57(54,55)56/h9-21,26-27,52-53H,5-8,22-25H2,1-4H3,(H,54,55,56)(H2,40,41,42,43,44). The molecule has 0 bridgehead atoms. The van der Waals surface area contributed by atoms with Crippen molar-refractivity contribution in [2.45, 2.75) is 32.6 Å². The summed E-state index contributed by atoms with van der Waals surface area (Å²) in [6.07, 6.45) is 0. The van der Waals surface area contributed by atoms with Gasteiger partial charge in [0.15, 0.2) is 0 Å². The molecule has 57 heavy (non-hydrogen) atoms. The van der Waals surface area contributed by atoms with E-state index in [0.717, 1.165) is 37.6 Å². The lowest BCUT2D eigenvalue weighted by atomic mass is 10.2. The topological polar surface area (TPSA) is 217 Å². The number of aromatic nitrogens is 3. The second kappa shape index (κ2) is 20.2. The molecule has 0 saturated heterocycles. The summed E-state index contributed by atoms with van der Waals surface area (Å²) in [4.78, 5) is 19.7. The van der Waals surface area contributed by atoms with Crippen molar-refractivity contribution in [3.8, 4) is 0 Å². The minimum Gasteiger partial charge on any atom is -0.395 e. The molecule has 5 N–H and O–H groups in total. The highest BCUT2D eigenvalue weighted by Crippen LogP contribution is 2.36. The predicted octanol–water partition coefficient (Wildman–Crippen LogP) is 7.92. The van der Waals surface area contributed by atoms with Gasteiger partial charge in [-0.2, -0.15) is 28.5 Å². The van der Waals surface area contributed by atoms with Crippen LogP contribution in [0.1, 0.15) is 27.7 Å². The summed E-state index contributed by atoms with van der Waals surface area (Å²) in [5.74, 6) is 0.374. The summed E-state index contributed by atoms with van der Waals surface area (Å²) in [6.45, 7) is 11.0. The van der Waals surface area contributed by atoms with Gasteiger partial charge in [0.1, 0.15) is 22.0 Å². The molecule has 4 aromatic carbocycles. The molecular weight excluding hydrogens is 749 g/mol. The van der Waals surface area contributed by atoms with Crippen molar-refractivity contribution < 1.29 is 23.2 Å². The third-order valence-corrected chi connectivity index (χ3v) is 9.70. The molecule has 1 aromatic heterocycles. The molecule has 1 heterocycles. The average Bonchev–Trinajstić information content (AvgIpc) is 3.21. The van der Waals surface area contributed by atoms with E-state index in [1.807, 2.05) is 74.5 Å². The van der Waals surface area contributed by atoms with Crippen molar-refractivity contribution in [1.29, 1.82) is 0 Å². The Bertz CT molecular complexity index is 2250. The maximum absolute atomic E-state index is 12.1. The normalized spacial score (nSPS) is 11.6. The highest BCUT2D eigenvalue weighted by atomic mass is 32.2. The van der Waals surface area contributed by atoms with E-state index in [1.165, 1.54) is 18.2 Å². The average molecular weight is 797 g/mol. The van der Waals surface area contributed by atoms with E-state index in [9.17, 15) is 23.2 Å². The molecule has 0 fully saturated rings. The highest BCUT2D eigenvalue weighted by Gasteiger charge is 2.19. The molecule has 0 aliphatic carbocycles. The fraction of sp³-hybridized carbons (Fsp3) is 0.308. The van der Waals surface area contributed by atoms with Gasteiger partial charge < -0.3 is 35.5 Å². The van der Waals surface area contributed by atoms with Crippen LogP contribution in [0.2, 0.25) is 0 Å². The van der Waals surface area contributed by atoms with Gasteiger partial charge in [-0.1, -0.05) is 30.3 Å². The van der Waals surface area contributed by atoms with Gasteiger partial charge in [0.25, 0.3) is 10.1 Å². The van der Waals surface area contributed by atoms with Gasteiger partial charge in [-0.15, -0.1) is 15.3 Å². The van der Waals surface area contributed by atoms with Crippen LogP contribution in [-0.4, -0.2) is 90.6 Å². The van der Waals surface area contributed by atoms with Crippen LogP contribution in [0.15, 0.2) is 116 Å².